The average molecular weight is 470 g/mol. The van der Waals surface area contributed by atoms with E-state index in [1.165, 1.54) is 5.06 Å². The molecule has 4 aliphatic rings. The molecule has 7 nitrogen and oxygen atoms in total. The van der Waals surface area contributed by atoms with Gasteiger partial charge < -0.3 is 19.8 Å². The van der Waals surface area contributed by atoms with E-state index in [1.807, 2.05) is 6.08 Å². The number of allylic oxidation sites excluding steroid dienone is 4. The van der Waals surface area contributed by atoms with Crippen LogP contribution in [0.1, 0.15) is 45.3 Å². The van der Waals surface area contributed by atoms with E-state index in [2.05, 4.69) is 13.8 Å². The van der Waals surface area contributed by atoms with Gasteiger partial charge >= 0.3 is 0 Å². The number of aliphatic hydroxyl groups is 2. The molecule has 2 unspecified atom stereocenters. The first-order chi connectivity index (χ1) is 16.2. The Kier molecular flexibility index (Phi) is 5.96. The topological polar surface area (TPSA) is 111 Å². The van der Waals surface area contributed by atoms with Crippen molar-refractivity contribution in [3.63, 3.8) is 0 Å². The van der Waals surface area contributed by atoms with Crippen molar-refractivity contribution in [2.75, 3.05) is 13.2 Å². The predicted molar refractivity (Wildman–Crippen MR) is 123 cm³/mol. The van der Waals surface area contributed by atoms with Crippen LogP contribution >= 0.6 is 0 Å². The van der Waals surface area contributed by atoms with Crippen LogP contribution in [0.5, 0.6) is 0 Å². The second-order valence-corrected chi connectivity index (χ2v) is 11.3. The van der Waals surface area contributed by atoms with Crippen LogP contribution in [0.15, 0.2) is 46.6 Å². The smallest absolute Gasteiger partial charge is 0.178 e. The number of carbonyl (C=O) groups excluding carboxylic acids is 2. The number of hydrogen-bond donors (Lipinski definition) is 3. The van der Waals surface area contributed by atoms with Crippen molar-refractivity contribution < 1.29 is 29.4 Å². The lowest BCUT2D eigenvalue weighted by molar-refractivity contribution is -0.146. The highest BCUT2D eigenvalue weighted by atomic mass is 16.5. The van der Waals surface area contributed by atoms with Crippen LogP contribution in [0.2, 0.25) is 0 Å². The monoisotopic (exact) mass is 469 g/mol. The molecular weight excluding hydrogens is 434 g/mol. The van der Waals surface area contributed by atoms with Crippen LogP contribution in [-0.4, -0.2) is 51.3 Å². The van der Waals surface area contributed by atoms with Crippen molar-refractivity contribution >= 4 is 11.6 Å². The molecule has 1 aromatic heterocycles. The summed E-state index contributed by atoms with van der Waals surface area (Å²) in [6.45, 7) is 4.22. The molecular formula is C27H35NO6. The molecule has 7 heteroatoms. The molecule has 1 aromatic rings. The van der Waals surface area contributed by atoms with Crippen LogP contribution in [0.3, 0.4) is 0 Å². The molecule has 4 aliphatic carbocycles. The Morgan fingerprint density at radius 2 is 2.12 bits per heavy atom. The third-order valence-corrected chi connectivity index (χ3v) is 9.54. The van der Waals surface area contributed by atoms with E-state index in [-0.39, 0.29) is 47.2 Å². The maximum Gasteiger partial charge on any atom is 0.178 e. The van der Waals surface area contributed by atoms with Gasteiger partial charge in [0.05, 0.1) is 18.9 Å². The third-order valence-electron chi connectivity index (χ3n) is 9.54. The minimum Gasteiger partial charge on any atom is -0.468 e. The van der Waals surface area contributed by atoms with Gasteiger partial charge in [-0.1, -0.05) is 25.5 Å². The predicted octanol–water partition coefficient (Wildman–Crippen LogP) is 3.15. The molecule has 3 N–H and O–H groups in total. The maximum absolute atomic E-state index is 13.1. The summed E-state index contributed by atoms with van der Waals surface area (Å²) in [5, 5.41) is 33.2. The van der Waals surface area contributed by atoms with Gasteiger partial charge in [0, 0.05) is 23.8 Å². The first kappa shape index (κ1) is 23.7. The Labute approximate surface area is 200 Å². The lowest BCUT2D eigenvalue weighted by atomic mass is 9.46. The SMILES string of the molecule is C[C@]12C=CC(=O)C=C1CC[C@@H]1C2[C@@H](O)C[C@@]2(C)C1C[C@@H](CN(O)Cc1ccco1)[C@@H]2C(=O)CO. The quantitative estimate of drug-likeness (QED) is 0.549. The van der Waals surface area contributed by atoms with E-state index in [4.69, 9.17) is 4.42 Å². The summed E-state index contributed by atoms with van der Waals surface area (Å²) in [7, 11) is 0. The van der Waals surface area contributed by atoms with Crippen LogP contribution in [0, 0.1) is 40.4 Å². The number of carbonyl (C=O) groups is 2. The maximum atomic E-state index is 13.1. The number of hydroxylamine groups is 2. The normalized spacial score (nSPS) is 41.1. The van der Waals surface area contributed by atoms with E-state index in [1.54, 1.807) is 30.5 Å². The Balaban J connectivity index is 1.45. The van der Waals surface area contributed by atoms with E-state index in [0.29, 0.717) is 18.7 Å². The molecule has 184 valence electrons. The molecule has 0 radical (unpaired) electrons. The number of nitrogens with zero attached hydrogens (tertiary/aromatic N) is 1. The van der Waals surface area contributed by atoms with Crippen LogP contribution < -0.4 is 0 Å². The number of ketones is 2. The average Bonchev–Trinajstić information content (AvgIpc) is 3.38. The number of Topliss-reactive ketones (excluding diaryl/α,β-unsaturated/α-hetero) is 1. The van der Waals surface area contributed by atoms with E-state index in [0.717, 1.165) is 24.8 Å². The molecule has 34 heavy (non-hydrogen) atoms. The number of rotatable bonds is 6. The molecule has 5 rings (SSSR count). The van der Waals surface area contributed by atoms with Crippen molar-refractivity contribution in [1.82, 2.24) is 5.06 Å². The van der Waals surface area contributed by atoms with Gasteiger partial charge in [0.15, 0.2) is 11.6 Å². The zero-order valence-electron chi connectivity index (χ0n) is 19.9. The molecule has 3 saturated carbocycles. The highest BCUT2D eigenvalue weighted by Crippen LogP contribution is 2.67. The van der Waals surface area contributed by atoms with Gasteiger partial charge in [-0.3, -0.25) is 9.59 Å². The summed E-state index contributed by atoms with van der Waals surface area (Å²) in [4.78, 5) is 25.1. The summed E-state index contributed by atoms with van der Waals surface area (Å²) in [5.74, 6) is 0.242. The lowest BCUT2D eigenvalue weighted by Crippen LogP contribution is -2.56. The van der Waals surface area contributed by atoms with Crippen molar-refractivity contribution in [2.45, 2.75) is 52.2 Å². The Morgan fingerprint density at radius 1 is 1.32 bits per heavy atom. The largest absolute Gasteiger partial charge is 0.468 e. The summed E-state index contributed by atoms with van der Waals surface area (Å²) in [6, 6.07) is 3.57. The fraction of sp³-hybridized carbons (Fsp3) is 0.630. The summed E-state index contributed by atoms with van der Waals surface area (Å²) >= 11 is 0. The van der Waals surface area contributed by atoms with Crippen LogP contribution in [-0.2, 0) is 16.1 Å². The van der Waals surface area contributed by atoms with E-state index >= 15 is 0 Å². The summed E-state index contributed by atoms with van der Waals surface area (Å²) in [6.07, 6.45) is 9.20. The van der Waals surface area contributed by atoms with Crippen LogP contribution in [0.25, 0.3) is 0 Å². The highest BCUT2D eigenvalue weighted by Gasteiger charge is 2.64. The fourth-order valence-corrected chi connectivity index (χ4v) is 8.33. The van der Waals surface area contributed by atoms with E-state index in [9.17, 15) is 25.0 Å². The summed E-state index contributed by atoms with van der Waals surface area (Å²) < 4.78 is 5.35. The molecule has 0 bridgehead atoms. The fourth-order valence-electron chi connectivity index (χ4n) is 8.33. The molecule has 0 aromatic carbocycles. The van der Waals surface area contributed by atoms with Gasteiger partial charge in [-0.25, -0.2) is 0 Å². The number of fused-ring (bicyclic) bond motifs is 5. The zero-order chi connectivity index (χ0) is 24.3. The molecule has 1 heterocycles. The van der Waals surface area contributed by atoms with Crippen molar-refractivity contribution in [3.8, 4) is 0 Å². The second-order valence-electron chi connectivity index (χ2n) is 11.3. The molecule has 0 amide bonds. The molecule has 8 atom stereocenters. The first-order valence-corrected chi connectivity index (χ1v) is 12.4. The van der Waals surface area contributed by atoms with Crippen molar-refractivity contribution in [1.29, 1.82) is 0 Å². The van der Waals surface area contributed by atoms with E-state index < -0.39 is 24.0 Å². The van der Waals surface area contributed by atoms with Gasteiger partial charge in [-0.15, -0.1) is 0 Å². The first-order valence-electron chi connectivity index (χ1n) is 12.4. The molecule has 3 fully saturated rings. The van der Waals surface area contributed by atoms with Gasteiger partial charge in [-0.05, 0) is 73.1 Å². The van der Waals surface area contributed by atoms with Crippen molar-refractivity contribution in [2.24, 2.45) is 40.4 Å². The molecule has 0 aliphatic heterocycles. The third kappa shape index (κ3) is 3.65. The van der Waals surface area contributed by atoms with Crippen LogP contribution in [0.4, 0.5) is 0 Å². The second kappa shape index (κ2) is 8.55. The standard InChI is InChI=1S/C27H35NO6/c1-26-8-7-18(30)11-17(26)5-6-20-21-10-16(13-28(33)14-19-4-3-9-34-19)24(23(32)15-29)27(21,2)12-22(31)25(20)26/h3-4,7-9,11,16,20-22,24-25,29,31,33H,5-6,10,12-15H2,1-2H3/t16-,20-,21?,22-,24+,25?,26-,27-/m0/s1. The minimum absolute atomic E-state index is 0.00944. The Hall–Kier alpha value is -2.06. The van der Waals surface area contributed by atoms with Gasteiger partial charge in [0.1, 0.15) is 12.4 Å². The number of furan rings is 1. The summed E-state index contributed by atoms with van der Waals surface area (Å²) in [5.41, 5.74) is 0.276. The Morgan fingerprint density at radius 3 is 2.82 bits per heavy atom. The van der Waals surface area contributed by atoms with Gasteiger partial charge in [-0.2, -0.15) is 5.06 Å². The molecule has 0 saturated heterocycles. The Bertz CT molecular complexity index is 1010. The lowest BCUT2D eigenvalue weighted by Gasteiger charge is -2.58. The highest BCUT2D eigenvalue weighted by molar-refractivity contribution is 6.01. The van der Waals surface area contributed by atoms with Gasteiger partial charge in [0.25, 0.3) is 0 Å². The van der Waals surface area contributed by atoms with Crippen molar-refractivity contribution in [3.05, 3.63) is 48.0 Å². The minimum atomic E-state index is -0.612. The van der Waals surface area contributed by atoms with Gasteiger partial charge in [0.2, 0.25) is 0 Å². The zero-order valence-corrected chi connectivity index (χ0v) is 19.9. The number of hydrogen-bond acceptors (Lipinski definition) is 7. The number of aliphatic hydroxyl groups excluding tert-OH is 2. The molecule has 0 spiro atoms.